The van der Waals surface area contributed by atoms with Gasteiger partial charge in [-0.25, -0.2) is 0 Å². The fourth-order valence-corrected chi connectivity index (χ4v) is 13.3. The van der Waals surface area contributed by atoms with E-state index in [1.54, 1.807) is 0 Å². The molecule has 29 heavy (non-hydrogen) atoms. The van der Waals surface area contributed by atoms with Crippen LogP contribution in [0.5, 0.6) is 0 Å². The molecular weight excluding hydrogens is 442 g/mol. The fourth-order valence-electron chi connectivity index (χ4n) is 5.29. The summed E-state index contributed by atoms with van der Waals surface area (Å²) in [7, 11) is 0. The predicted octanol–water partition coefficient (Wildman–Crippen LogP) is 8.60. The molecule has 0 aromatic heterocycles. The van der Waals surface area contributed by atoms with E-state index in [0.29, 0.717) is 0 Å². The van der Waals surface area contributed by atoms with Crippen LogP contribution >= 0.6 is 0 Å². The van der Waals surface area contributed by atoms with Gasteiger partial charge in [-0.1, -0.05) is 0 Å². The van der Waals surface area contributed by atoms with E-state index in [1.807, 2.05) is 78.0 Å². The molecule has 0 saturated carbocycles. The zero-order chi connectivity index (χ0) is 21.1. The zero-order valence-corrected chi connectivity index (χ0v) is 20.5. The molecule has 0 heterocycles. The van der Waals surface area contributed by atoms with Gasteiger partial charge in [0.15, 0.2) is 0 Å². The molecular formula is C26H28F2Zr. The molecule has 1 unspecified atom stereocenters. The van der Waals surface area contributed by atoms with Gasteiger partial charge in [0.2, 0.25) is 0 Å². The number of benzene rings is 2. The summed E-state index contributed by atoms with van der Waals surface area (Å²) >= 11 is -5.75. The van der Waals surface area contributed by atoms with E-state index in [-0.39, 0.29) is 0 Å². The third kappa shape index (κ3) is 2.77. The van der Waals surface area contributed by atoms with Crippen molar-refractivity contribution >= 4 is 6.08 Å². The van der Waals surface area contributed by atoms with Gasteiger partial charge in [0.25, 0.3) is 0 Å². The van der Waals surface area contributed by atoms with Crippen molar-refractivity contribution in [3.8, 4) is 11.1 Å². The Morgan fingerprint density at radius 2 is 1.38 bits per heavy atom. The standard InChI is InChI=1S/C16H13.C10H15.2FH.Zr/c1-12-10-14-8-5-9-15(16(14)11-12)13-6-3-2-4-7-13;1-6-7(2)9(4)10(5)8(6)3;;;/h2-11H,1H3;1-5H3;2*1H;/q;;;;+2/p-2. The second kappa shape index (κ2) is 6.98. The van der Waals surface area contributed by atoms with Crippen LogP contribution in [0.3, 0.4) is 0 Å². The van der Waals surface area contributed by atoms with Gasteiger partial charge in [0.1, 0.15) is 0 Å². The second-order valence-corrected chi connectivity index (χ2v) is 15.7. The van der Waals surface area contributed by atoms with Crippen LogP contribution in [-0.2, 0) is 21.5 Å². The Bertz CT molecular complexity index is 1060. The molecule has 0 saturated heterocycles. The number of hydrogen-bond donors (Lipinski definition) is 0. The number of rotatable bonds is 3. The predicted molar refractivity (Wildman–Crippen MR) is 116 cm³/mol. The Hall–Kier alpha value is -1.60. The van der Waals surface area contributed by atoms with Crippen molar-refractivity contribution < 1.29 is 26.7 Å². The molecule has 3 heteroatoms. The summed E-state index contributed by atoms with van der Waals surface area (Å²) < 4.78 is 31.5. The van der Waals surface area contributed by atoms with Crippen LogP contribution in [0.1, 0.15) is 56.3 Å². The maximum absolute atomic E-state index is 16.6. The molecule has 0 aliphatic heterocycles. The van der Waals surface area contributed by atoms with Crippen molar-refractivity contribution in [2.24, 2.45) is 0 Å². The second-order valence-electron chi connectivity index (χ2n) is 8.74. The summed E-state index contributed by atoms with van der Waals surface area (Å²) in [6, 6.07) is 16.0. The van der Waals surface area contributed by atoms with Gasteiger partial charge in [-0.15, -0.1) is 0 Å². The van der Waals surface area contributed by atoms with E-state index in [4.69, 9.17) is 0 Å². The first-order chi connectivity index (χ1) is 13.6. The Morgan fingerprint density at radius 1 is 0.793 bits per heavy atom. The van der Waals surface area contributed by atoms with Gasteiger partial charge in [0.05, 0.1) is 0 Å². The van der Waals surface area contributed by atoms with Gasteiger partial charge in [-0.2, -0.15) is 0 Å². The minimum absolute atomic E-state index is 0.712. The van der Waals surface area contributed by atoms with E-state index >= 15 is 5.25 Å². The summed E-state index contributed by atoms with van der Waals surface area (Å²) in [5, 5.41) is 0. The molecule has 0 radical (unpaired) electrons. The molecule has 150 valence electrons. The molecule has 1 atom stereocenters. The zero-order valence-electron chi connectivity index (χ0n) is 18.0. The van der Waals surface area contributed by atoms with Gasteiger partial charge < -0.3 is 0 Å². The molecule has 0 amide bonds. The fraction of sp³-hybridized carbons (Fsp3) is 0.308. The third-order valence-electron chi connectivity index (χ3n) is 7.58. The molecule has 2 aromatic carbocycles. The minimum atomic E-state index is -5.75. The normalized spacial score (nSPS) is 21.0. The molecule has 0 N–H and O–H groups in total. The molecule has 0 nitrogen and oxygen atoms in total. The topological polar surface area (TPSA) is 0 Å². The number of allylic oxidation sites excluding steroid dienone is 5. The van der Waals surface area contributed by atoms with Crippen LogP contribution in [0.2, 0.25) is 3.12 Å². The van der Waals surface area contributed by atoms with Crippen LogP contribution in [0.25, 0.3) is 17.2 Å². The molecule has 2 aromatic rings. The quantitative estimate of drug-likeness (QED) is 0.422. The van der Waals surface area contributed by atoms with Crippen LogP contribution in [0.4, 0.5) is 5.25 Å². The van der Waals surface area contributed by atoms with Gasteiger partial charge in [0, 0.05) is 0 Å². The van der Waals surface area contributed by atoms with E-state index in [9.17, 15) is 0 Å². The Labute approximate surface area is 179 Å². The van der Waals surface area contributed by atoms with Crippen molar-refractivity contribution in [3.05, 3.63) is 87.5 Å². The number of fused-ring (bicyclic) bond motifs is 1. The first-order valence-electron chi connectivity index (χ1n) is 10.2. The number of hydrogen-bond acceptors (Lipinski definition) is 0. The Kier molecular flexibility index (Phi) is 4.98. The third-order valence-corrected chi connectivity index (χ3v) is 16.4. The maximum atomic E-state index is 16.6. The summed E-state index contributed by atoms with van der Waals surface area (Å²) in [5.74, 6) is 0. The number of halogens is 2. The summed E-state index contributed by atoms with van der Waals surface area (Å²) in [4.78, 5) is 0. The van der Waals surface area contributed by atoms with Gasteiger partial charge in [-0.05, 0) is 0 Å². The Morgan fingerprint density at radius 3 is 1.97 bits per heavy atom. The Balaban J connectivity index is 1.89. The summed E-state index contributed by atoms with van der Waals surface area (Å²) in [6.45, 7) is 11.6. The van der Waals surface area contributed by atoms with Crippen molar-refractivity contribution in [2.75, 3.05) is 0 Å². The van der Waals surface area contributed by atoms with Crippen molar-refractivity contribution in [1.82, 2.24) is 0 Å². The first kappa shape index (κ1) is 20.7. The van der Waals surface area contributed by atoms with Crippen molar-refractivity contribution in [2.45, 2.75) is 48.3 Å². The van der Waals surface area contributed by atoms with Crippen LogP contribution in [0, 0.1) is 0 Å². The van der Waals surface area contributed by atoms with Gasteiger partial charge in [-0.3, -0.25) is 0 Å². The van der Waals surface area contributed by atoms with Crippen LogP contribution in [0.15, 0.2) is 76.4 Å². The van der Waals surface area contributed by atoms with Crippen molar-refractivity contribution in [3.63, 3.8) is 0 Å². The molecule has 2 aliphatic carbocycles. The van der Waals surface area contributed by atoms with Crippen LogP contribution < -0.4 is 0 Å². The van der Waals surface area contributed by atoms with Gasteiger partial charge >= 0.3 is 180 Å². The van der Waals surface area contributed by atoms with E-state index in [0.717, 1.165) is 50.1 Å². The first-order valence-corrected chi connectivity index (χ1v) is 14.7. The molecule has 0 bridgehead atoms. The van der Waals surface area contributed by atoms with E-state index < -0.39 is 28.2 Å². The monoisotopic (exact) mass is 468 g/mol. The molecule has 0 spiro atoms. The van der Waals surface area contributed by atoms with Crippen molar-refractivity contribution in [1.29, 1.82) is 0 Å². The van der Waals surface area contributed by atoms with E-state index in [1.165, 1.54) is 0 Å². The average Bonchev–Trinajstić information content (AvgIpc) is 3.13. The summed E-state index contributed by atoms with van der Waals surface area (Å²) in [5.41, 5.74) is 8.65. The van der Waals surface area contributed by atoms with E-state index in [2.05, 4.69) is 18.2 Å². The molecule has 2 aliphatic rings. The molecule has 0 fully saturated rings. The average molecular weight is 470 g/mol. The van der Waals surface area contributed by atoms with Crippen LogP contribution in [-0.4, -0.2) is 0 Å². The summed E-state index contributed by atoms with van der Waals surface area (Å²) in [6.07, 6.45) is 2.02. The SMILES string of the molecule is CC1=Cc2c(-c3ccccc3)cccc2[CH]1[Zr]([F])([F])[C]1(C)C(C)=C(C)C(C)=C1C. The molecule has 4 rings (SSSR count).